The number of rotatable bonds is 4. The van der Waals surface area contributed by atoms with Crippen LogP contribution >= 0.6 is 0 Å². The van der Waals surface area contributed by atoms with Crippen LogP contribution < -0.4 is 15.2 Å². The molecule has 1 aliphatic rings. The Hall–Kier alpha value is -1.11. The quantitative estimate of drug-likeness (QED) is 0.850. The molecule has 0 spiro atoms. The highest BCUT2D eigenvalue weighted by atomic mass is 32.2. The van der Waals surface area contributed by atoms with Crippen molar-refractivity contribution in [2.24, 2.45) is 5.14 Å². The largest absolute Gasteiger partial charge is 0.497 e. The Morgan fingerprint density at radius 1 is 1.42 bits per heavy atom. The second-order valence-electron chi connectivity index (χ2n) is 4.95. The predicted octanol–water partition coefficient (Wildman–Crippen LogP) is 0.647. The van der Waals surface area contributed by atoms with Gasteiger partial charge >= 0.3 is 0 Å². The highest BCUT2D eigenvalue weighted by Crippen LogP contribution is 2.19. The normalized spacial score (nSPS) is 24.1. The van der Waals surface area contributed by atoms with Crippen LogP contribution in [-0.4, -0.2) is 33.4 Å². The summed E-state index contributed by atoms with van der Waals surface area (Å²) in [6.07, 6.45) is 2.31. The summed E-state index contributed by atoms with van der Waals surface area (Å²) < 4.78 is 27.7. The Kier molecular flexibility index (Phi) is 4.44. The van der Waals surface area contributed by atoms with E-state index < -0.39 is 15.3 Å². The Morgan fingerprint density at radius 2 is 2.21 bits per heavy atom. The Balaban J connectivity index is 1.92. The van der Waals surface area contributed by atoms with Crippen molar-refractivity contribution in [1.29, 1.82) is 0 Å². The summed E-state index contributed by atoms with van der Waals surface area (Å²) in [5.41, 5.74) is 1.19. The van der Waals surface area contributed by atoms with E-state index in [0.29, 0.717) is 19.0 Å². The van der Waals surface area contributed by atoms with E-state index in [0.717, 1.165) is 18.6 Å². The van der Waals surface area contributed by atoms with Gasteiger partial charge in [-0.05, 0) is 37.0 Å². The number of piperidine rings is 1. The van der Waals surface area contributed by atoms with Crippen LogP contribution in [0.4, 0.5) is 0 Å². The molecular weight excluding hydrogens is 264 g/mol. The molecule has 3 N–H and O–H groups in total. The lowest BCUT2D eigenvalue weighted by molar-refractivity contribution is 0.394. The Bertz CT molecular complexity index is 522. The van der Waals surface area contributed by atoms with Gasteiger partial charge in [-0.1, -0.05) is 12.1 Å². The predicted molar refractivity (Wildman–Crippen MR) is 74.6 cm³/mol. The summed E-state index contributed by atoms with van der Waals surface area (Å²) in [6.45, 7) is 0.438. The van der Waals surface area contributed by atoms with E-state index in [9.17, 15) is 8.42 Å². The van der Waals surface area contributed by atoms with Crippen LogP contribution in [-0.2, 0) is 16.4 Å². The zero-order chi connectivity index (χ0) is 13.9. The van der Waals surface area contributed by atoms with Crippen molar-refractivity contribution < 1.29 is 13.2 Å². The van der Waals surface area contributed by atoms with Gasteiger partial charge in [0.05, 0.1) is 12.4 Å². The molecule has 2 atom stereocenters. The van der Waals surface area contributed by atoms with E-state index in [-0.39, 0.29) is 0 Å². The number of benzene rings is 1. The minimum atomic E-state index is -3.42. The highest BCUT2D eigenvalue weighted by Gasteiger charge is 2.27. The standard InChI is InChI=1S/C13H20N2O3S/c1-18-12-4-2-3-10(8-12)7-11-5-6-13(9-15-11)19(14,16)17/h2-4,8,11,13,15H,5-7,9H2,1H3,(H2,14,16,17). The first-order valence-electron chi connectivity index (χ1n) is 6.37. The van der Waals surface area contributed by atoms with Gasteiger partial charge in [0.2, 0.25) is 10.0 Å². The summed E-state index contributed by atoms with van der Waals surface area (Å²) >= 11 is 0. The van der Waals surface area contributed by atoms with Gasteiger partial charge in [-0.3, -0.25) is 0 Å². The van der Waals surface area contributed by atoms with Gasteiger partial charge in [-0.15, -0.1) is 0 Å². The molecule has 0 aromatic heterocycles. The van der Waals surface area contributed by atoms with Gasteiger partial charge in [0.25, 0.3) is 0 Å². The van der Waals surface area contributed by atoms with Crippen LogP contribution in [0, 0.1) is 0 Å². The van der Waals surface area contributed by atoms with Gasteiger partial charge in [0.1, 0.15) is 5.75 Å². The minimum absolute atomic E-state index is 0.296. The van der Waals surface area contributed by atoms with E-state index in [1.54, 1.807) is 7.11 Å². The topological polar surface area (TPSA) is 81.4 Å². The van der Waals surface area contributed by atoms with Gasteiger partial charge < -0.3 is 10.1 Å². The smallest absolute Gasteiger partial charge is 0.213 e. The van der Waals surface area contributed by atoms with Crippen molar-refractivity contribution >= 4 is 10.0 Å². The zero-order valence-electron chi connectivity index (χ0n) is 11.0. The third-order valence-electron chi connectivity index (χ3n) is 3.55. The van der Waals surface area contributed by atoms with Crippen LogP contribution in [0.3, 0.4) is 0 Å². The molecular formula is C13H20N2O3S. The monoisotopic (exact) mass is 284 g/mol. The lowest BCUT2D eigenvalue weighted by atomic mass is 9.97. The second-order valence-corrected chi connectivity index (χ2v) is 6.79. The number of methoxy groups -OCH3 is 1. The van der Waals surface area contributed by atoms with E-state index in [4.69, 9.17) is 9.88 Å². The van der Waals surface area contributed by atoms with Crippen molar-refractivity contribution in [2.75, 3.05) is 13.7 Å². The van der Waals surface area contributed by atoms with E-state index in [2.05, 4.69) is 11.4 Å². The van der Waals surface area contributed by atoms with Gasteiger partial charge in [0.15, 0.2) is 0 Å². The van der Waals surface area contributed by atoms with Crippen LogP contribution in [0.15, 0.2) is 24.3 Å². The zero-order valence-corrected chi connectivity index (χ0v) is 11.8. The molecule has 0 saturated carbocycles. The van der Waals surface area contributed by atoms with Crippen LogP contribution in [0.5, 0.6) is 5.75 Å². The number of hydrogen-bond acceptors (Lipinski definition) is 4. The summed E-state index contributed by atoms with van der Waals surface area (Å²) in [6, 6.07) is 8.23. The van der Waals surface area contributed by atoms with Crippen molar-refractivity contribution in [1.82, 2.24) is 5.32 Å². The summed E-state index contributed by atoms with van der Waals surface area (Å²) in [7, 11) is -1.77. The number of ether oxygens (including phenoxy) is 1. The highest BCUT2D eigenvalue weighted by molar-refractivity contribution is 7.89. The molecule has 2 unspecified atom stereocenters. The Labute approximate surface area is 114 Å². The fraction of sp³-hybridized carbons (Fsp3) is 0.538. The van der Waals surface area contributed by atoms with Crippen molar-refractivity contribution in [3.8, 4) is 5.75 Å². The molecule has 106 valence electrons. The van der Waals surface area contributed by atoms with Gasteiger partial charge in [0, 0.05) is 12.6 Å². The van der Waals surface area contributed by atoms with Crippen molar-refractivity contribution in [2.45, 2.75) is 30.6 Å². The third kappa shape index (κ3) is 3.92. The summed E-state index contributed by atoms with van der Waals surface area (Å²) in [5, 5.41) is 7.97. The molecule has 1 heterocycles. The van der Waals surface area contributed by atoms with Crippen molar-refractivity contribution in [3.63, 3.8) is 0 Å². The molecule has 2 rings (SSSR count). The molecule has 0 amide bonds. The SMILES string of the molecule is COc1cccc(CC2CCC(S(N)(=O)=O)CN2)c1. The van der Waals surface area contributed by atoms with Crippen molar-refractivity contribution in [3.05, 3.63) is 29.8 Å². The molecule has 1 aromatic rings. The fourth-order valence-corrected chi connectivity index (χ4v) is 3.22. The lowest BCUT2D eigenvalue weighted by Crippen LogP contribution is -2.47. The lowest BCUT2D eigenvalue weighted by Gasteiger charge is -2.28. The fourth-order valence-electron chi connectivity index (χ4n) is 2.43. The first-order chi connectivity index (χ1) is 8.99. The summed E-state index contributed by atoms with van der Waals surface area (Å²) in [5.74, 6) is 0.843. The maximum Gasteiger partial charge on any atom is 0.213 e. The average Bonchev–Trinajstić information content (AvgIpc) is 2.38. The molecule has 1 aromatic carbocycles. The first-order valence-corrected chi connectivity index (χ1v) is 7.98. The number of primary sulfonamides is 1. The van der Waals surface area contributed by atoms with Gasteiger partial charge in [-0.2, -0.15) is 0 Å². The molecule has 1 saturated heterocycles. The Morgan fingerprint density at radius 3 is 2.79 bits per heavy atom. The van der Waals surface area contributed by atoms with E-state index in [1.165, 1.54) is 5.56 Å². The van der Waals surface area contributed by atoms with Crippen LogP contribution in [0.1, 0.15) is 18.4 Å². The molecule has 1 aliphatic heterocycles. The molecule has 0 radical (unpaired) electrons. The first kappa shape index (κ1) is 14.3. The number of nitrogens with two attached hydrogens (primary N) is 1. The maximum atomic E-state index is 11.3. The van der Waals surface area contributed by atoms with Gasteiger partial charge in [-0.25, -0.2) is 13.6 Å². The average molecular weight is 284 g/mol. The second kappa shape index (κ2) is 5.90. The van der Waals surface area contributed by atoms with Crippen LogP contribution in [0.25, 0.3) is 0 Å². The maximum absolute atomic E-state index is 11.3. The summed E-state index contributed by atoms with van der Waals surface area (Å²) in [4.78, 5) is 0. The molecule has 0 aliphatic carbocycles. The molecule has 6 heteroatoms. The number of hydrogen-bond donors (Lipinski definition) is 2. The third-order valence-corrected chi connectivity index (χ3v) is 4.88. The minimum Gasteiger partial charge on any atom is -0.497 e. The molecule has 5 nitrogen and oxygen atoms in total. The molecule has 19 heavy (non-hydrogen) atoms. The van der Waals surface area contributed by atoms with E-state index >= 15 is 0 Å². The number of nitrogens with one attached hydrogen (secondary N) is 1. The molecule has 1 fully saturated rings. The van der Waals surface area contributed by atoms with Crippen LogP contribution in [0.2, 0.25) is 0 Å². The van der Waals surface area contributed by atoms with E-state index in [1.807, 2.05) is 18.2 Å². The molecule has 0 bridgehead atoms. The number of sulfonamides is 1.